The van der Waals surface area contributed by atoms with Crippen LogP contribution in [0.15, 0.2) is 29.3 Å². The standard InChI is InChI=1S/C11H14FN3/c1-7-3-4-8(5-9(7)12)10(13)6-11(14)15-2/h3-6H,13H2,1-2H3,(H2,14,15)/b10-6-. The molecule has 0 bridgehead atoms. The summed E-state index contributed by atoms with van der Waals surface area (Å²) in [5, 5.41) is 0. The van der Waals surface area contributed by atoms with Crippen LogP contribution >= 0.6 is 0 Å². The van der Waals surface area contributed by atoms with Gasteiger partial charge in [0.15, 0.2) is 0 Å². The molecular formula is C11H14FN3. The van der Waals surface area contributed by atoms with Gasteiger partial charge in [-0.3, -0.25) is 4.99 Å². The molecule has 0 heterocycles. The van der Waals surface area contributed by atoms with Gasteiger partial charge in [0.05, 0.1) is 0 Å². The highest BCUT2D eigenvalue weighted by Gasteiger charge is 2.01. The molecule has 0 aliphatic carbocycles. The molecule has 0 aliphatic rings. The Morgan fingerprint density at radius 2 is 2.07 bits per heavy atom. The summed E-state index contributed by atoms with van der Waals surface area (Å²) in [5.41, 5.74) is 12.8. The largest absolute Gasteiger partial charge is 0.398 e. The number of rotatable bonds is 2. The molecule has 1 rings (SSSR count). The molecule has 0 saturated carbocycles. The Kier molecular flexibility index (Phi) is 3.44. The average molecular weight is 207 g/mol. The Morgan fingerprint density at radius 3 is 2.60 bits per heavy atom. The molecule has 0 amide bonds. The maximum absolute atomic E-state index is 13.2. The predicted octanol–water partition coefficient (Wildman–Crippen LogP) is 1.42. The lowest BCUT2D eigenvalue weighted by molar-refractivity contribution is 0.618. The van der Waals surface area contributed by atoms with Crippen LogP contribution in [0.4, 0.5) is 4.39 Å². The van der Waals surface area contributed by atoms with E-state index < -0.39 is 0 Å². The molecule has 1 aromatic rings. The van der Waals surface area contributed by atoms with Gasteiger partial charge in [-0.2, -0.15) is 0 Å². The van der Waals surface area contributed by atoms with Crippen molar-refractivity contribution in [2.24, 2.45) is 16.5 Å². The second-order valence-electron chi connectivity index (χ2n) is 3.21. The minimum absolute atomic E-state index is 0.282. The fourth-order valence-electron chi connectivity index (χ4n) is 1.08. The highest BCUT2D eigenvalue weighted by molar-refractivity contribution is 5.97. The Labute approximate surface area is 88.3 Å². The monoisotopic (exact) mass is 207 g/mol. The minimum Gasteiger partial charge on any atom is -0.398 e. The normalized spacial score (nSPS) is 13.0. The molecule has 4 N–H and O–H groups in total. The van der Waals surface area contributed by atoms with Gasteiger partial charge in [0.25, 0.3) is 0 Å². The molecule has 80 valence electrons. The maximum Gasteiger partial charge on any atom is 0.126 e. The van der Waals surface area contributed by atoms with Gasteiger partial charge >= 0.3 is 0 Å². The second kappa shape index (κ2) is 4.59. The molecule has 0 spiro atoms. The van der Waals surface area contributed by atoms with Gasteiger partial charge in [-0.05, 0) is 18.6 Å². The lowest BCUT2D eigenvalue weighted by Gasteiger charge is -2.03. The summed E-state index contributed by atoms with van der Waals surface area (Å²) in [5.74, 6) is 0.0318. The van der Waals surface area contributed by atoms with Crippen LogP contribution in [0.25, 0.3) is 5.70 Å². The zero-order valence-corrected chi connectivity index (χ0v) is 8.79. The highest BCUT2D eigenvalue weighted by Crippen LogP contribution is 2.13. The minimum atomic E-state index is -0.282. The number of nitrogens with two attached hydrogens (primary N) is 2. The summed E-state index contributed by atoms with van der Waals surface area (Å²) in [6, 6.07) is 4.79. The SMILES string of the molecule is CN=C(N)/C=C(\N)c1ccc(C)c(F)c1. The van der Waals surface area contributed by atoms with Crippen LogP contribution in [0.2, 0.25) is 0 Å². The molecule has 0 radical (unpaired) electrons. The van der Waals surface area contributed by atoms with Crippen molar-refractivity contribution >= 4 is 11.5 Å². The summed E-state index contributed by atoms with van der Waals surface area (Å²) in [4.78, 5) is 3.74. The van der Waals surface area contributed by atoms with E-state index >= 15 is 0 Å². The highest BCUT2D eigenvalue weighted by atomic mass is 19.1. The molecule has 3 nitrogen and oxygen atoms in total. The van der Waals surface area contributed by atoms with Gasteiger partial charge in [0.1, 0.15) is 11.7 Å². The van der Waals surface area contributed by atoms with Crippen LogP contribution in [0.3, 0.4) is 0 Å². The first kappa shape index (κ1) is 11.2. The fraction of sp³-hybridized carbons (Fsp3) is 0.182. The first-order chi connectivity index (χ1) is 7.04. The maximum atomic E-state index is 13.2. The predicted molar refractivity (Wildman–Crippen MR) is 60.8 cm³/mol. The molecule has 0 aromatic heterocycles. The number of hydrogen-bond acceptors (Lipinski definition) is 2. The van der Waals surface area contributed by atoms with Crippen molar-refractivity contribution in [3.63, 3.8) is 0 Å². The number of aliphatic imine (C=N–C) groups is 1. The van der Waals surface area contributed by atoms with Crippen molar-refractivity contribution in [1.29, 1.82) is 0 Å². The molecule has 1 aromatic carbocycles. The summed E-state index contributed by atoms with van der Waals surface area (Å²) in [6.07, 6.45) is 1.50. The molecule has 0 saturated heterocycles. The van der Waals surface area contributed by atoms with Gasteiger partial charge in [-0.15, -0.1) is 0 Å². The Bertz CT molecular complexity index is 422. The number of nitrogens with zero attached hydrogens (tertiary/aromatic N) is 1. The number of amidine groups is 1. The molecule has 4 heteroatoms. The molecule has 0 fully saturated rings. The Morgan fingerprint density at radius 1 is 1.40 bits per heavy atom. The summed E-state index contributed by atoms with van der Waals surface area (Å²) in [7, 11) is 1.56. The van der Waals surface area contributed by atoms with E-state index in [1.165, 1.54) is 12.1 Å². The zero-order chi connectivity index (χ0) is 11.4. The van der Waals surface area contributed by atoms with E-state index in [1.54, 1.807) is 26.1 Å². The van der Waals surface area contributed by atoms with Crippen LogP contribution in [0.1, 0.15) is 11.1 Å². The Hall–Kier alpha value is -1.84. The quantitative estimate of drug-likeness (QED) is 0.569. The third kappa shape index (κ3) is 2.80. The second-order valence-corrected chi connectivity index (χ2v) is 3.21. The number of halogens is 1. The summed E-state index contributed by atoms with van der Waals surface area (Å²) >= 11 is 0. The molecule has 0 atom stereocenters. The van der Waals surface area contributed by atoms with Gasteiger partial charge < -0.3 is 11.5 Å². The van der Waals surface area contributed by atoms with Crippen LogP contribution < -0.4 is 11.5 Å². The van der Waals surface area contributed by atoms with E-state index in [-0.39, 0.29) is 5.82 Å². The smallest absolute Gasteiger partial charge is 0.126 e. The van der Waals surface area contributed by atoms with E-state index in [4.69, 9.17) is 11.5 Å². The van der Waals surface area contributed by atoms with Crippen molar-refractivity contribution in [2.75, 3.05) is 7.05 Å². The lowest BCUT2D eigenvalue weighted by atomic mass is 10.1. The Balaban J connectivity index is 3.07. The first-order valence-electron chi connectivity index (χ1n) is 4.50. The van der Waals surface area contributed by atoms with Gasteiger partial charge in [0.2, 0.25) is 0 Å². The van der Waals surface area contributed by atoms with Crippen molar-refractivity contribution < 1.29 is 4.39 Å². The molecular weight excluding hydrogens is 193 g/mol. The molecule has 0 aliphatic heterocycles. The van der Waals surface area contributed by atoms with Crippen molar-refractivity contribution in [1.82, 2.24) is 0 Å². The number of aryl methyl sites for hydroxylation is 1. The van der Waals surface area contributed by atoms with Crippen LogP contribution in [-0.2, 0) is 0 Å². The van der Waals surface area contributed by atoms with Crippen LogP contribution in [0.5, 0.6) is 0 Å². The van der Waals surface area contributed by atoms with Crippen molar-refractivity contribution in [3.05, 3.63) is 41.2 Å². The average Bonchev–Trinajstić information content (AvgIpc) is 2.21. The molecule has 0 unspecified atom stereocenters. The van der Waals surface area contributed by atoms with E-state index in [0.29, 0.717) is 22.7 Å². The molecule has 15 heavy (non-hydrogen) atoms. The van der Waals surface area contributed by atoms with E-state index in [9.17, 15) is 4.39 Å². The van der Waals surface area contributed by atoms with Crippen molar-refractivity contribution in [3.8, 4) is 0 Å². The van der Waals surface area contributed by atoms with Gasteiger partial charge in [0, 0.05) is 24.4 Å². The van der Waals surface area contributed by atoms with E-state index in [1.807, 2.05) is 0 Å². The van der Waals surface area contributed by atoms with Gasteiger partial charge in [-0.1, -0.05) is 12.1 Å². The van der Waals surface area contributed by atoms with Gasteiger partial charge in [-0.25, -0.2) is 4.39 Å². The third-order valence-electron chi connectivity index (χ3n) is 2.07. The number of benzene rings is 1. The number of hydrogen-bond donors (Lipinski definition) is 2. The lowest BCUT2D eigenvalue weighted by Crippen LogP contribution is -2.10. The zero-order valence-electron chi connectivity index (χ0n) is 8.79. The summed E-state index contributed by atoms with van der Waals surface area (Å²) < 4.78 is 13.2. The first-order valence-corrected chi connectivity index (χ1v) is 4.50. The van der Waals surface area contributed by atoms with Crippen LogP contribution in [-0.4, -0.2) is 12.9 Å². The summed E-state index contributed by atoms with van der Waals surface area (Å²) in [6.45, 7) is 1.70. The van der Waals surface area contributed by atoms with E-state index in [0.717, 1.165) is 0 Å². The third-order valence-corrected chi connectivity index (χ3v) is 2.07. The van der Waals surface area contributed by atoms with Crippen molar-refractivity contribution in [2.45, 2.75) is 6.92 Å². The van der Waals surface area contributed by atoms with Crippen LogP contribution in [0, 0.1) is 12.7 Å². The fourth-order valence-corrected chi connectivity index (χ4v) is 1.08. The topological polar surface area (TPSA) is 64.4 Å². The van der Waals surface area contributed by atoms with E-state index in [2.05, 4.69) is 4.99 Å².